The minimum Gasteiger partial charge on any atom is -0.345 e. The Labute approximate surface area is 247 Å². The Morgan fingerprint density at radius 3 is 2.14 bits per heavy atom. The lowest BCUT2D eigenvalue weighted by Gasteiger charge is -2.21. The fourth-order valence-electron chi connectivity index (χ4n) is 5.91. The van der Waals surface area contributed by atoms with Crippen LogP contribution in [0.1, 0.15) is 61.2 Å². The molecule has 42 heavy (non-hydrogen) atoms. The van der Waals surface area contributed by atoms with Crippen molar-refractivity contribution in [3.05, 3.63) is 132 Å². The predicted octanol–water partition coefficient (Wildman–Crippen LogP) is 7.01. The van der Waals surface area contributed by atoms with Gasteiger partial charge in [-0.15, -0.1) is 0 Å². The summed E-state index contributed by atoms with van der Waals surface area (Å²) in [7, 11) is 0. The molecule has 2 amide bonds. The van der Waals surface area contributed by atoms with Crippen LogP contribution < -0.4 is 10.2 Å². The number of amides is 2. The lowest BCUT2D eigenvalue weighted by Crippen LogP contribution is -2.34. The second-order valence-corrected chi connectivity index (χ2v) is 11.4. The van der Waals surface area contributed by atoms with Crippen molar-refractivity contribution in [2.24, 2.45) is 5.92 Å². The number of fused-ring (bicyclic) bond motifs is 2. The Morgan fingerprint density at radius 1 is 0.833 bits per heavy atom. The Hall–Kier alpha value is -4.71. The molecule has 4 aromatic carbocycles. The predicted molar refractivity (Wildman–Crippen MR) is 167 cm³/mol. The van der Waals surface area contributed by atoms with E-state index in [2.05, 4.69) is 29.8 Å². The highest BCUT2D eigenvalue weighted by atomic mass is 16.2. The molecule has 0 saturated heterocycles. The summed E-state index contributed by atoms with van der Waals surface area (Å²) in [5, 5.41) is 3.22. The number of imidazole rings is 1. The first kappa shape index (κ1) is 27.5. The lowest BCUT2D eigenvalue weighted by atomic mass is 9.95. The van der Waals surface area contributed by atoms with Crippen molar-refractivity contribution in [3.63, 3.8) is 0 Å². The van der Waals surface area contributed by atoms with E-state index in [1.807, 2.05) is 108 Å². The first-order valence-corrected chi connectivity index (χ1v) is 14.7. The van der Waals surface area contributed by atoms with Crippen LogP contribution in [0.15, 0.2) is 109 Å². The number of aryl methyl sites for hydroxylation is 1. The maximum Gasteiger partial charge on any atom is 0.235 e. The topological polar surface area (TPSA) is 67.2 Å². The van der Waals surface area contributed by atoms with Gasteiger partial charge >= 0.3 is 0 Å². The average Bonchev–Trinajstić information content (AvgIpc) is 3.50. The molecule has 1 N–H and O–H groups in total. The van der Waals surface area contributed by atoms with E-state index in [0.717, 1.165) is 52.2 Å². The molecular formula is C36H36N4O2. The molecule has 212 valence electrons. The first-order chi connectivity index (χ1) is 20.5. The van der Waals surface area contributed by atoms with Crippen molar-refractivity contribution in [1.29, 1.82) is 0 Å². The quantitative estimate of drug-likeness (QED) is 0.201. The van der Waals surface area contributed by atoms with E-state index in [4.69, 9.17) is 4.98 Å². The molecule has 6 nitrogen and oxygen atoms in total. The number of hydrogen-bond acceptors (Lipinski definition) is 3. The van der Waals surface area contributed by atoms with Crippen LogP contribution in [0.4, 0.5) is 5.69 Å². The first-order valence-electron chi connectivity index (χ1n) is 14.7. The normalized spacial score (nSPS) is 14.6. The van der Waals surface area contributed by atoms with Crippen LogP contribution in [0.5, 0.6) is 0 Å². The molecule has 1 aromatic heterocycles. The van der Waals surface area contributed by atoms with E-state index in [9.17, 15) is 9.59 Å². The average molecular weight is 557 g/mol. The second kappa shape index (κ2) is 12.0. The highest BCUT2D eigenvalue weighted by Crippen LogP contribution is 2.40. The number of nitrogens with one attached hydrogen (secondary N) is 1. The third-order valence-electron chi connectivity index (χ3n) is 8.09. The maximum absolute atomic E-state index is 14.0. The van der Waals surface area contributed by atoms with Gasteiger partial charge in [-0.1, -0.05) is 105 Å². The molecule has 0 bridgehead atoms. The van der Waals surface area contributed by atoms with Crippen molar-refractivity contribution in [2.75, 3.05) is 4.90 Å². The van der Waals surface area contributed by atoms with Crippen LogP contribution in [0.3, 0.4) is 0 Å². The monoisotopic (exact) mass is 556 g/mol. The number of benzene rings is 4. The summed E-state index contributed by atoms with van der Waals surface area (Å²) < 4.78 is 2.25. The number of para-hydroxylation sites is 3. The van der Waals surface area contributed by atoms with Gasteiger partial charge in [-0.2, -0.15) is 0 Å². The van der Waals surface area contributed by atoms with Gasteiger partial charge in [-0.3, -0.25) is 9.59 Å². The number of rotatable bonds is 10. The molecular weight excluding hydrogens is 520 g/mol. The van der Waals surface area contributed by atoms with Gasteiger partial charge in [0.05, 0.1) is 29.5 Å². The molecule has 1 unspecified atom stereocenters. The fraction of sp³-hybridized carbons (Fsp3) is 0.250. The molecule has 0 saturated carbocycles. The van der Waals surface area contributed by atoms with Crippen LogP contribution in [0.2, 0.25) is 0 Å². The van der Waals surface area contributed by atoms with E-state index in [0.29, 0.717) is 12.5 Å². The Balaban J connectivity index is 1.26. The smallest absolute Gasteiger partial charge is 0.235 e. The molecule has 2 heterocycles. The minimum absolute atomic E-state index is 0.0650. The number of nitrogens with zero attached hydrogens (tertiary/aromatic N) is 3. The lowest BCUT2D eigenvalue weighted by molar-refractivity contribution is -0.126. The molecule has 6 heteroatoms. The van der Waals surface area contributed by atoms with Gasteiger partial charge < -0.3 is 14.8 Å². The summed E-state index contributed by atoms with van der Waals surface area (Å²) >= 11 is 0. The maximum atomic E-state index is 14.0. The van der Waals surface area contributed by atoms with Crippen molar-refractivity contribution < 1.29 is 9.59 Å². The van der Waals surface area contributed by atoms with E-state index in [1.54, 1.807) is 0 Å². The second-order valence-electron chi connectivity index (χ2n) is 11.4. The zero-order valence-electron chi connectivity index (χ0n) is 24.1. The van der Waals surface area contributed by atoms with Crippen LogP contribution in [-0.2, 0) is 22.7 Å². The van der Waals surface area contributed by atoms with Crippen molar-refractivity contribution >= 4 is 28.5 Å². The molecule has 5 aromatic rings. The highest BCUT2D eigenvalue weighted by Gasteiger charge is 2.39. The van der Waals surface area contributed by atoms with Gasteiger partial charge in [0.2, 0.25) is 11.8 Å². The third kappa shape index (κ3) is 5.57. The summed E-state index contributed by atoms with van der Waals surface area (Å²) in [6.07, 6.45) is 1.09. The van der Waals surface area contributed by atoms with Crippen molar-refractivity contribution in [1.82, 2.24) is 14.9 Å². The zero-order valence-corrected chi connectivity index (χ0v) is 24.1. The summed E-state index contributed by atoms with van der Waals surface area (Å²) in [4.78, 5) is 34.4. The third-order valence-corrected chi connectivity index (χ3v) is 8.09. The minimum atomic E-state index is -0.554. The summed E-state index contributed by atoms with van der Waals surface area (Å²) in [6, 6.07) is 35.6. The van der Waals surface area contributed by atoms with E-state index >= 15 is 0 Å². The molecule has 1 aliphatic rings. The fourth-order valence-corrected chi connectivity index (χ4v) is 5.91. The Morgan fingerprint density at radius 2 is 1.45 bits per heavy atom. The molecule has 1 aliphatic heterocycles. The number of hydrogen-bond donors (Lipinski definition) is 1. The molecule has 0 radical (unpaired) electrons. The Bertz CT molecular complexity index is 1650. The van der Waals surface area contributed by atoms with E-state index < -0.39 is 5.92 Å². The van der Waals surface area contributed by atoms with Gasteiger partial charge in [0, 0.05) is 18.7 Å². The number of carbonyl (C=O) groups is 2. The highest BCUT2D eigenvalue weighted by molar-refractivity contribution is 6.06. The van der Waals surface area contributed by atoms with Crippen LogP contribution in [0, 0.1) is 5.92 Å². The van der Waals surface area contributed by atoms with Crippen LogP contribution >= 0.6 is 0 Å². The molecule has 0 spiro atoms. The molecule has 0 aliphatic carbocycles. The van der Waals surface area contributed by atoms with Gasteiger partial charge in [0.15, 0.2) is 0 Å². The summed E-state index contributed by atoms with van der Waals surface area (Å²) in [6.45, 7) is 5.63. The number of aromatic nitrogens is 2. The molecule has 0 fully saturated rings. The van der Waals surface area contributed by atoms with Gasteiger partial charge in [-0.05, 0) is 47.2 Å². The molecule has 6 rings (SSSR count). The largest absolute Gasteiger partial charge is 0.345 e. The summed E-state index contributed by atoms with van der Waals surface area (Å²) in [5.74, 6) is 0.628. The summed E-state index contributed by atoms with van der Waals surface area (Å²) in [5.41, 5.74) is 5.75. The number of anilines is 1. The zero-order chi connectivity index (χ0) is 29.1. The van der Waals surface area contributed by atoms with Crippen molar-refractivity contribution in [2.45, 2.75) is 51.7 Å². The van der Waals surface area contributed by atoms with Gasteiger partial charge in [0.1, 0.15) is 5.82 Å². The number of carbonyl (C=O) groups excluding carboxylic acids is 2. The standard InChI is InChI=1S/C36H36N4O2/c1-25(2)21-22-39-32-20-12-10-18-30(32)37-33(39)24-40-31-19-11-9-17-28(31)29(36(40)42)23-34(41)38-35(26-13-5-3-6-14-26)27-15-7-4-8-16-27/h3-20,25,29,35H,21-24H2,1-2H3,(H,38,41). The Kier molecular flexibility index (Phi) is 7.87. The molecule has 1 atom stereocenters. The van der Waals surface area contributed by atoms with Crippen molar-refractivity contribution in [3.8, 4) is 0 Å². The van der Waals surface area contributed by atoms with Crippen LogP contribution in [-0.4, -0.2) is 21.4 Å². The van der Waals surface area contributed by atoms with E-state index in [1.165, 1.54) is 0 Å². The van der Waals surface area contributed by atoms with Gasteiger partial charge in [-0.25, -0.2) is 4.98 Å². The SMILES string of the molecule is CC(C)CCn1c(CN2C(=O)C(CC(=O)NC(c3ccccc3)c3ccccc3)c3ccccc32)nc2ccccc21. The van der Waals surface area contributed by atoms with Gasteiger partial charge in [0.25, 0.3) is 0 Å². The van der Waals surface area contributed by atoms with Crippen LogP contribution in [0.25, 0.3) is 11.0 Å². The van der Waals surface area contributed by atoms with E-state index in [-0.39, 0.29) is 24.3 Å².